The van der Waals surface area contributed by atoms with E-state index in [2.05, 4.69) is 16.0 Å². The van der Waals surface area contributed by atoms with Crippen LogP contribution in [0, 0.1) is 5.82 Å². The lowest BCUT2D eigenvalue weighted by Crippen LogP contribution is -2.24. The molecule has 24 heavy (non-hydrogen) atoms. The fraction of sp³-hybridized carbons (Fsp3) is 0.0588. The van der Waals surface area contributed by atoms with Crippen LogP contribution in [0.4, 0.5) is 20.6 Å². The quantitative estimate of drug-likeness (QED) is 0.671. The van der Waals surface area contributed by atoms with Crippen LogP contribution in [0.1, 0.15) is 9.67 Å². The number of nitrogens with one attached hydrogen (secondary N) is 3. The number of thiophene rings is 1. The molecule has 5 nitrogen and oxygen atoms in total. The number of carbonyl (C=O) groups is 2. The van der Waals surface area contributed by atoms with E-state index in [0.717, 1.165) is 4.70 Å². The van der Waals surface area contributed by atoms with Crippen molar-refractivity contribution < 1.29 is 14.0 Å². The average Bonchev–Trinajstić information content (AvgIpc) is 3.01. The SMILES string of the molecule is CNC(=O)Nc1cccc(NC(=O)c2cc3c(F)cccc3s2)c1. The molecule has 3 amide bonds. The van der Waals surface area contributed by atoms with Gasteiger partial charge in [0, 0.05) is 28.5 Å². The van der Waals surface area contributed by atoms with E-state index in [4.69, 9.17) is 0 Å². The van der Waals surface area contributed by atoms with E-state index in [1.165, 1.54) is 30.5 Å². The molecular formula is C17H14FN3O2S. The Morgan fingerprint density at radius 1 is 1.00 bits per heavy atom. The van der Waals surface area contributed by atoms with Crippen molar-refractivity contribution in [2.75, 3.05) is 17.7 Å². The van der Waals surface area contributed by atoms with Gasteiger partial charge in [-0.2, -0.15) is 0 Å². The predicted molar refractivity (Wildman–Crippen MR) is 94.3 cm³/mol. The van der Waals surface area contributed by atoms with E-state index in [1.54, 1.807) is 36.4 Å². The van der Waals surface area contributed by atoms with Crippen molar-refractivity contribution in [3.63, 3.8) is 0 Å². The van der Waals surface area contributed by atoms with Crippen LogP contribution in [0.15, 0.2) is 48.5 Å². The number of halogens is 1. The Kier molecular flexibility index (Phi) is 4.43. The molecule has 122 valence electrons. The van der Waals surface area contributed by atoms with Crippen LogP contribution in [0.5, 0.6) is 0 Å². The van der Waals surface area contributed by atoms with Gasteiger partial charge in [0.2, 0.25) is 0 Å². The lowest BCUT2D eigenvalue weighted by molar-refractivity contribution is 0.103. The smallest absolute Gasteiger partial charge is 0.318 e. The Morgan fingerprint density at radius 2 is 1.71 bits per heavy atom. The highest BCUT2D eigenvalue weighted by Crippen LogP contribution is 2.28. The van der Waals surface area contributed by atoms with Crippen LogP contribution in [-0.4, -0.2) is 19.0 Å². The molecule has 7 heteroatoms. The average molecular weight is 343 g/mol. The number of benzene rings is 2. The summed E-state index contributed by atoms with van der Waals surface area (Å²) < 4.78 is 14.4. The lowest BCUT2D eigenvalue weighted by Gasteiger charge is -2.07. The number of carbonyl (C=O) groups excluding carboxylic acids is 2. The van der Waals surface area contributed by atoms with Gasteiger partial charge in [-0.1, -0.05) is 12.1 Å². The lowest BCUT2D eigenvalue weighted by atomic mass is 10.2. The molecule has 0 unspecified atom stereocenters. The van der Waals surface area contributed by atoms with Crippen molar-refractivity contribution in [3.05, 3.63) is 59.2 Å². The monoisotopic (exact) mass is 343 g/mol. The zero-order valence-corrected chi connectivity index (χ0v) is 13.5. The molecule has 0 radical (unpaired) electrons. The molecule has 3 aromatic rings. The number of fused-ring (bicyclic) bond motifs is 1. The van der Waals surface area contributed by atoms with Gasteiger partial charge >= 0.3 is 6.03 Å². The summed E-state index contributed by atoms with van der Waals surface area (Å²) >= 11 is 1.23. The first-order valence-electron chi connectivity index (χ1n) is 7.15. The molecule has 0 aliphatic heterocycles. The summed E-state index contributed by atoms with van der Waals surface area (Å²) in [6, 6.07) is 12.7. The van der Waals surface area contributed by atoms with E-state index < -0.39 is 0 Å². The number of anilines is 2. The fourth-order valence-corrected chi connectivity index (χ4v) is 3.17. The van der Waals surface area contributed by atoms with Gasteiger partial charge in [0.15, 0.2) is 0 Å². The minimum atomic E-state index is -0.349. The Labute approximate surface area is 141 Å². The molecule has 2 aromatic carbocycles. The maximum absolute atomic E-state index is 13.7. The largest absolute Gasteiger partial charge is 0.341 e. The summed E-state index contributed by atoms with van der Waals surface area (Å²) in [6.07, 6.45) is 0. The van der Waals surface area contributed by atoms with E-state index in [0.29, 0.717) is 21.6 Å². The van der Waals surface area contributed by atoms with Gasteiger partial charge in [-0.05, 0) is 36.4 Å². The predicted octanol–water partition coefficient (Wildman–Crippen LogP) is 4.04. The van der Waals surface area contributed by atoms with Gasteiger partial charge in [0.1, 0.15) is 5.82 Å². The molecule has 0 saturated carbocycles. The Balaban J connectivity index is 1.79. The molecule has 3 rings (SSSR count). The third kappa shape index (κ3) is 3.36. The molecule has 0 fully saturated rings. The topological polar surface area (TPSA) is 70.2 Å². The summed E-state index contributed by atoms with van der Waals surface area (Å²) in [6.45, 7) is 0. The zero-order valence-electron chi connectivity index (χ0n) is 12.7. The summed E-state index contributed by atoms with van der Waals surface area (Å²) in [5.41, 5.74) is 1.08. The minimum Gasteiger partial charge on any atom is -0.341 e. The molecule has 3 N–H and O–H groups in total. The number of hydrogen-bond acceptors (Lipinski definition) is 3. The first kappa shape index (κ1) is 15.9. The number of urea groups is 1. The van der Waals surface area contributed by atoms with Crippen molar-refractivity contribution in [1.29, 1.82) is 0 Å². The minimum absolute atomic E-state index is 0.326. The molecule has 0 aliphatic carbocycles. The molecule has 0 bridgehead atoms. The molecule has 1 aromatic heterocycles. The van der Waals surface area contributed by atoms with E-state index in [9.17, 15) is 14.0 Å². The standard InChI is InChI=1S/C17H14FN3O2S/c1-19-17(23)21-11-5-2-4-10(8-11)20-16(22)15-9-12-13(18)6-3-7-14(12)24-15/h2-9H,1H3,(H,20,22)(H2,19,21,23). The van der Waals surface area contributed by atoms with Crippen molar-refractivity contribution >= 4 is 44.7 Å². The van der Waals surface area contributed by atoms with Crippen LogP contribution in [0.25, 0.3) is 10.1 Å². The van der Waals surface area contributed by atoms with Crippen molar-refractivity contribution in [1.82, 2.24) is 5.32 Å². The molecule has 0 saturated heterocycles. The van der Waals surface area contributed by atoms with Gasteiger partial charge in [0.05, 0.1) is 4.88 Å². The maximum Gasteiger partial charge on any atom is 0.318 e. The third-order valence-corrected chi connectivity index (χ3v) is 4.44. The van der Waals surface area contributed by atoms with Gasteiger partial charge < -0.3 is 16.0 Å². The molecule has 0 spiro atoms. The van der Waals surface area contributed by atoms with Crippen molar-refractivity contribution in [2.45, 2.75) is 0 Å². The Bertz CT molecular complexity index is 923. The van der Waals surface area contributed by atoms with E-state index in [1.807, 2.05) is 0 Å². The summed E-state index contributed by atoms with van der Waals surface area (Å²) in [5, 5.41) is 8.25. The summed E-state index contributed by atoms with van der Waals surface area (Å²) in [7, 11) is 1.52. The maximum atomic E-state index is 13.7. The fourth-order valence-electron chi connectivity index (χ4n) is 2.20. The second kappa shape index (κ2) is 6.67. The Morgan fingerprint density at radius 3 is 2.42 bits per heavy atom. The van der Waals surface area contributed by atoms with Crippen LogP contribution < -0.4 is 16.0 Å². The van der Waals surface area contributed by atoms with Gasteiger partial charge in [-0.25, -0.2) is 9.18 Å². The summed E-state index contributed by atoms with van der Waals surface area (Å²) in [4.78, 5) is 24.1. The third-order valence-electron chi connectivity index (χ3n) is 3.34. The van der Waals surface area contributed by atoms with Crippen molar-refractivity contribution in [2.24, 2.45) is 0 Å². The number of rotatable bonds is 3. The number of hydrogen-bond donors (Lipinski definition) is 3. The molecule has 1 heterocycles. The van der Waals surface area contributed by atoms with Gasteiger partial charge in [0.25, 0.3) is 5.91 Å². The van der Waals surface area contributed by atoms with Gasteiger partial charge in [-0.15, -0.1) is 11.3 Å². The second-order valence-electron chi connectivity index (χ2n) is 5.00. The molecule has 0 aliphatic rings. The zero-order chi connectivity index (χ0) is 17.1. The first-order chi connectivity index (χ1) is 11.6. The van der Waals surface area contributed by atoms with Crippen LogP contribution in [-0.2, 0) is 0 Å². The normalized spacial score (nSPS) is 10.4. The van der Waals surface area contributed by atoms with Crippen LogP contribution >= 0.6 is 11.3 Å². The van der Waals surface area contributed by atoms with Gasteiger partial charge in [-0.3, -0.25) is 4.79 Å². The summed E-state index contributed by atoms with van der Waals surface area (Å²) in [5.74, 6) is -0.674. The highest BCUT2D eigenvalue weighted by atomic mass is 32.1. The highest BCUT2D eigenvalue weighted by Gasteiger charge is 2.13. The second-order valence-corrected chi connectivity index (χ2v) is 6.09. The van der Waals surface area contributed by atoms with E-state index in [-0.39, 0.29) is 17.8 Å². The molecule has 0 atom stereocenters. The number of amides is 3. The van der Waals surface area contributed by atoms with Crippen molar-refractivity contribution in [3.8, 4) is 0 Å². The highest BCUT2D eigenvalue weighted by molar-refractivity contribution is 7.20. The first-order valence-corrected chi connectivity index (χ1v) is 7.96. The van der Waals surface area contributed by atoms with E-state index >= 15 is 0 Å². The van der Waals surface area contributed by atoms with Crippen LogP contribution in [0.3, 0.4) is 0 Å². The Hall–Kier alpha value is -2.93. The van der Waals surface area contributed by atoms with Crippen LogP contribution in [0.2, 0.25) is 0 Å². The molecular weight excluding hydrogens is 329 g/mol.